The molecule has 0 radical (unpaired) electrons. The van der Waals surface area contributed by atoms with Crippen LogP contribution in [0.4, 0.5) is 5.95 Å². The predicted molar refractivity (Wildman–Crippen MR) is 86.9 cm³/mol. The fourth-order valence-electron chi connectivity index (χ4n) is 1.97. The number of methoxy groups -OCH3 is 1. The summed E-state index contributed by atoms with van der Waals surface area (Å²) in [6.07, 6.45) is 2.82. The normalized spacial score (nSPS) is 10.9. The van der Waals surface area contributed by atoms with Crippen molar-refractivity contribution in [1.29, 1.82) is 0 Å². The number of carbonyl (C=O) groups is 1. The van der Waals surface area contributed by atoms with Crippen molar-refractivity contribution in [1.82, 2.24) is 14.9 Å². The third-order valence-electron chi connectivity index (χ3n) is 3.12. The maximum Gasteiger partial charge on any atom is 0.337 e. The first-order valence-electron chi connectivity index (χ1n) is 6.90. The molecule has 1 aromatic carbocycles. The molecule has 122 valence electrons. The minimum absolute atomic E-state index is 0.295. The van der Waals surface area contributed by atoms with E-state index < -0.39 is 5.97 Å². The zero-order valence-electron chi connectivity index (χ0n) is 12.7. The first-order chi connectivity index (χ1) is 11.7. The molecule has 2 aromatic heterocycles. The summed E-state index contributed by atoms with van der Waals surface area (Å²) in [5.74, 6) is 6.56. The number of hydrogen-bond donors (Lipinski definition) is 2. The molecule has 0 fully saturated rings. The number of esters is 1. The minimum Gasteiger partial charge on any atom is -0.465 e. The van der Waals surface area contributed by atoms with E-state index in [-0.39, 0.29) is 0 Å². The second kappa shape index (κ2) is 6.65. The summed E-state index contributed by atoms with van der Waals surface area (Å²) >= 11 is 0. The van der Waals surface area contributed by atoms with Gasteiger partial charge in [0.15, 0.2) is 0 Å². The molecule has 0 aliphatic heterocycles. The van der Waals surface area contributed by atoms with Crippen LogP contribution in [-0.4, -0.2) is 34.2 Å². The standard InChI is InChI=1S/C15H14N6O3/c1-23-14(22)11-4-2-3-10(7-11)13-6-5-12(24-13)8-17-19-15-20-18-9-21(15)16/h2-9H,16H2,1H3,(H,19,20). The van der Waals surface area contributed by atoms with Crippen LogP contribution in [0, 0.1) is 0 Å². The van der Waals surface area contributed by atoms with E-state index >= 15 is 0 Å². The summed E-state index contributed by atoms with van der Waals surface area (Å²) in [6.45, 7) is 0. The van der Waals surface area contributed by atoms with Gasteiger partial charge in [-0.25, -0.2) is 14.9 Å². The molecule has 2 heterocycles. The maximum absolute atomic E-state index is 11.6. The lowest BCUT2D eigenvalue weighted by molar-refractivity contribution is 0.0601. The van der Waals surface area contributed by atoms with E-state index in [9.17, 15) is 4.79 Å². The second-order valence-corrected chi connectivity index (χ2v) is 4.71. The highest BCUT2D eigenvalue weighted by Crippen LogP contribution is 2.22. The van der Waals surface area contributed by atoms with Crippen LogP contribution in [0.25, 0.3) is 11.3 Å². The number of ether oxygens (including phenoxy) is 1. The molecule has 9 nitrogen and oxygen atoms in total. The van der Waals surface area contributed by atoms with Gasteiger partial charge >= 0.3 is 5.97 Å². The van der Waals surface area contributed by atoms with Gasteiger partial charge in [-0.15, -0.1) is 10.2 Å². The summed E-state index contributed by atoms with van der Waals surface area (Å²) in [4.78, 5) is 11.6. The SMILES string of the molecule is COC(=O)c1cccc(-c2ccc(C=NNc3nncn3N)o2)c1. The molecule has 0 unspecified atom stereocenters. The molecule has 3 N–H and O–H groups in total. The number of aromatic nitrogens is 3. The van der Waals surface area contributed by atoms with Crippen LogP contribution in [0.15, 0.2) is 52.2 Å². The van der Waals surface area contributed by atoms with E-state index in [0.29, 0.717) is 23.0 Å². The number of nitrogens with one attached hydrogen (secondary N) is 1. The van der Waals surface area contributed by atoms with Crippen molar-refractivity contribution in [2.24, 2.45) is 5.10 Å². The Hall–Kier alpha value is -3.62. The lowest BCUT2D eigenvalue weighted by atomic mass is 10.1. The van der Waals surface area contributed by atoms with Crippen molar-refractivity contribution < 1.29 is 13.9 Å². The fourth-order valence-corrected chi connectivity index (χ4v) is 1.97. The van der Waals surface area contributed by atoms with Gasteiger partial charge in [-0.05, 0) is 24.3 Å². The molecular formula is C15H14N6O3. The Morgan fingerprint density at radius 2 is 2.29 bits per heavy atom. The molecule has 0 saturated heterocycles. The summed E-state index contributed by atoms with van der Waals surface area (Å²) in [5.41, 5.74) is 3.84. The van der Waals surface area contributed by atoms with E-state index in [1.54, 1.807) is 30.3 Å². The van der Waals surface area contributed by atoms with Crippen LogP contribution in [-0.2, 0) is 4.74 Å². The molecule has 0 amide bonds. The van der Waals surface area contributed by atoms with Crippen molar-refractivity contribution in [2.75, 3.05) is 18.4 Å². The van der Waals surface area contributed by atoms with Gasteiger partial charge in [0.05, 0.1) is 18.9 Å². The number of nitrogens with two attached hydrogens (primary N) is 1. The lowest BCUT2D eigenvalue weighted by Gasteiger charge is -2.01. The van der Waals surface area contributed by atoms with E-state index in [2.05, 4.69) is 20.7 Å². The van der Waals surface area contributed by atoms with Gasteiger partial charge in [0.2, 0.25) is 0 Å². The molecule has 0 aliphatic carbocycles. The molecule has 3 rings (SSSR count). The van der Waals surface area contributed by atoms with Gasteiger partial charge in [-0.3, -0.25) is 0 Å². The predicted octanol–water partition coefficient (Wildman–Crippen LogP) is 1.48. The molecule has 0 saturated carbocycles. The monoisotopic (exact) mass is 326 g/mol. The third-order valence-corrected chi connectivity index (χ3v) is 3.12. The Morgan fingerprint density at radius 1 is 1.42 bits per heavy atom. The number of rotatable bonds is 5. The van der Waals surface area contributed by atoms with Crippen LogP contribution in [0.1, 0.15) is 16.1 Å². The summed E-state index contributed by atoms with van der Waals surface area (Å²) in [7, 11) is 1.34. The highest BCUT2D eigenvalue weighted by atomic mass is 16.5. The van der Waals surface area contributed by atoms with Crippen LogP contribution in [0.3, 0.4) is 0 Å². The summed E-state index contributed by atoms with van der Waals surface area (Å²) in [6, 6.07) is 10.5. The topological polar surface area (TPSA) is 121 Å². The Labute approximate surface area is 136 Å². The second-order valence-electron chi connectivity index (χ2n) is 4.71. The number of nitrogens with zero attached hydrogens (tertiary/aromatic N) is 4. The first-order valence-corrected chi connectivity index (χ1v) is 6.90. The number of hydrogen-bond acceptors (Lipinski definition) is 8. The number of anilines is 1. The van der Waals surface area contributed by atoms with E-state index in [4.69, 9.17) is 15.0 Å². The number of carbonyl (C=O) groups excluding carboxylic acids is 1. The lowest BCUT2D eigenvalue weighted by Crippen LogP contribution is -2.10. The number of hydrazone groups is 1. The van der Waals surface area contributed by atoms with Crippen molar-refractivity contribution in [3.63, 3.8) is 0 Å². The Balaban J connectivity index is 1.73. The van der Waals surface area contributed by atoms with Gasteiger partial charge in [0.1, 0.15) is 17.8 Å². The van der Waals surface area contributed by atoms with Crippen LogP contribution >= 0.6 is 0 Å². The number of nitrogen functional groups attached to an aromatic ring is 1. The minimum atomic E-state index is -0.403. The van der Waals surface area contributed by atoms with Gasteiger partial charge in [0, 0.05) is 5.56 Å². The van der Waals surface area contributed by atoms with Crippen molar-refractivity contribution in [2.45, 2.75) is 0 Å². The Bertz CT molecular complexity index is 883. The van der Waals surface area contributed by atoms with E-state index in [0.717, 1.165) is 5.56 Å². The fraction of sp³-hybridized carbons (Fsp3) is 0.0667. The summed E-state index contributed by atoms with van der Waals surface area (Å²) in [5, 5.41) is 11.3. The van der Waals surface area contributed by atoms with Crippen LogP contribution in [0.5, 0.6) is 0 Å². The molecule has 0 atom stereocenters. The number of benzene rings is 1. The maximum atomic E-state index is 11.6. The zero-order chi connectivity index (χ0) is 16.9. The van der Waals surface area contributed by atoms with Gasteiger partial charge < -0.3 is 15.0 Å². The molecule has 3 aromatic rings. The molecule has 0 spiro atoms. The van der Waals surface area contributed by atoms with Gasteiger partial charge in [-0.1, -0.05) is 12.1 Å². The molecule has 0 aliphatic rings. The zero-order valence-corrected chi connectivity index (χ0v) is 12.7. The van der Waals surface area contributed by atoms with E-state index in [1.165, 1.54) is 24.3 Å². The highest BCUT2D eigenvalue weighted by Gasteiger charge is 2.09. The molecular weight excluding hydrogens is 312 g/mol. The largest absolute Gasteiger partial charge is 0.465 e. The molecule has 24 heavy (non-hydrogen) atoms. The van der Waals surface area contributed by atoms with Crippen LogP contribution < -0.4 is 11.3 Å². The van der Waals surface area contributed by atoms with Gasteiger partial charge in [0.25, 0.3) is 5.95 Å². The average Bonchev–Trinajstić information content (AvgIpc) is 3.24. The molecule has 0 bridgehead atoms. The smallest absolute Gasteiger partial charge is 0.337 e. The van der Waals surface area contributed by atoms with Crippen LogP contribution in [0.2, 0.25) is 0 Å². The van der Waals surface area contributed by atoms with Crippen molar-refractivity contribution >= 4 is 18.1 Å². The quantitative estimate of drug-likeness (QED) is 0.315. The highest BCUT2D eigenvalue weighted by molar-refractivity contribution is 5.90. The first kappa shape index (κ1) is 15.3. The van der Waals surface area contributed by atoms with Crippen molar-refractivity contribution in [3.05, 3.63) is 54.0 Å². The van der Waals surface area contributed by atoms with E-state index in [1.807, 2.05) is 6.07 Å². The summed E-state index contributed by atoms with van der Waals surface area (Å²) < 4.78 is 11.6. The molecule has 9 heteroatoms. The van der Waals surface area contributed by atoms with Crippen molar-refractivity contribution in [3.8, 4) is 11.3 Å². The Kier molecular flexibility index (Phi) is 4.23. The Morgan fingerprint density at radius 3 is 3.04 bits per heavy atom. The average molecular weight is 326 g/mol. The van der Waals surface area contributed by atoms with Gasteiger partial charge in [-0.2, -0.15) is 5.10 Å². The number of furan rings is 1. The third kappa shape index (κ3) is 3.24.